The number of hydrogen-bond donors (Lipinski definition) is 1. The SMILES string of the molecule is CC(=CCl)CNCCCCI. The topological polar surface area (TPSA) is 12.0 Å². The number of hydrogen-bond acceptors (Lipinski definition) is 1. The molecule has 0 unspecified atom stereocenters. The molecule has 0 atom stereocenters. The molecule has 0 rings (SSSR count). The fraction of sp³-hybridized carbons (Fsp3) is 0.750. The molecule has 1 N–H and O–H groups in total. The minimum absolute atomic E-state index is 0.921. The van der Waals surface area contributed by atoms with Crippen molar-refractivity contribution in [3.8, 4) is 0 Å². The highest BCUT2D eigenvalue weighted by molar-refractivity contribution is 14.1. The second-order valence-electron chi connectivity index (χ2n) is 2.53. The minimum Gasteiger partial charge on any atom is -0.313 e. The summed E-state index contributed by atoms with van der Waals surface area (Å²) in [6.45, 7) is 4.05. The predicted octanol–water partition coefficient (Wildman–Crippen LogP) is 2.93. The van der Waals surface area contributed by atoms with Gasteiger partial charge in [0.15, 0.2) is 0 Å². The average molecular weight is 288 g/mol. The molecule has 0 radical (unpaired) electrons. The first-order chi connectivity index (χ1) is 5.31. The van der Waals surface area contributed by atoms with Crippen LogP contribution in [-0.4, -0.2) is 17.5 Å². The Morgan fingerprint density at radius 3 is 2.82 bits per heavy atom. The van der Waals surface area contributed by atoms with Gasteiger partial charge in [-0.1, -0.05) is 34.2 Å². The van der Waals surface area contributed by atoms with E-state index < -0.39 is 0 Å². The Hall–Kier alpha value is 0.720. The van der Waals surface area contributed by atoms with Crippen LogP contribution in [0.4, 0.5) is 0 Å². The van der Waals surface area contributed by atoms with Gasteiger partial charge in [0.25, 0.3) is 0 Å². The third-order valence-corrected chi connectivity index (χ3v) is 2.46. The van der Waals surface area contributed by atoms with Gasteiger partial charge in [-0.3, -0.25) is 0 Å². The van der Waals surface area contributed by atoms with Crippen LogP contribution in [0.15, 0.2) is 11.1 Å². The van der Waals surface area contributed by atoms with Crippen molar-refractivity contribution in [2.24, 2.45) is 0 Å². The van der Waals surface area contributed by atoms with Gasteiger partial charge in [0.2, 0.25) is 0 Å². The third kappa shape index (κ3) is 8.63. The summed E-state index contributed by atoms with van der Waals surface area (Å²) in [5.41, 5.74) is 2.83. The van der Waals surface area contributed by atoms with E-state index in [1.54, 1.807) is 5.54 Å². The number of rotatable bonds is 6. The lowest BCUT2D eigenvalue weighted by Crippen LogP contribution is -2.17. The molecule has 0 aliphatic rings. The van der Waals surface area contributed by atoms with Crippen molar-refractivity contribution >= 4 is 34.2 Å². The van der Waals surface area contributed by atoms with Gasteiger partial charge in [0, 0.05) is 12.1 Å². The molecule has 0 aliphatic carbocycles. The Bertz CT molecular complexity index is 115. The van der Waals surface area contributed by atoms with Crippen molar-refractivity contribution in [3.63, 3.8) is 0 Å². The number of unbranched alkanes of at least 4 members (excludes halogenated alkanes) is 1. The van der Waals surface area contributed by atoms with Crippen LogP contribution in [0.5, 0.6) is 0 Å². The van der Waals surface area contributed by atoms with Crippen LogP contribution in [-0.2, 0) is 0 Å². The first-order valence-corrected chi connectivity index (χ1v) is 5.80. The molecular formula is C8H15ClIN. The fourth-order valence-electron chi connectivity index (χ4n) is 0.669. The molecule has 66 valence electrons. The Morgan fingerprint density at radius 2 is 2.27 bits per heavy atom. The van der Waals surface area contributed by atoms with Gasteiger partial charge in [-0.2, -0.15) is 0 Å². The lowest BCUT2D eigenvalue weighted by Gasteiger charge is -2.02. The molecule has 11 heavy (non-hydrogen) atoms. The second kappa shape index (κ2) is 8.81. The van der Waals surface area contributed by atoms with Gasteiger partial charge >= 0.3 is 0 Å². The molecule has 0 aliphatic heterocycles. The normalized spacial score (nSPS) is 12.1. The van der Waals surface area contributed by atoms with Crippen molar-refractivity contribution in [2.75, 3.05) is 17.5 Å². The zero-order valence-electron chi connectivity index (χ0n) is 6.87. The molecule has 0 aromatic heterocycles. The maximum atomic E-state index is 5.49. The predicted molar refractivity (Wildman–Crippen MR) is 60.6 cm³/mol. The highest BCUT2D eigenvalue weighted by Gasteiger charge is 1.88. The van der Waals surface area contributed by atoms with Crippen molar-refractivity contribution < 1.29 is 0 Å². The number of alkyl halides is 1. The Balaban J connectivity index is 3.02. The van der Waals surface area contributed by atoms with Crippen molar-refractivity contribution in [3.05, 3.63) is 11.1 Å². The quantitative estimate of drug-likeness (QED) is 0.450. The summed E-state index contributed by atoms with van der Waals surface area (Å²) in [7, 11) is 0. The Kier molecular flexibility index (Phi) is 9.39. The molecule has 0 spiro atoms. The number of halogens is 2. The molecule has 1 nitrogen and oxygen atoms in total. The van der Waals surface area contributed by atoms with Gasteiger partial charge in [0.1, 0.15) is 0 Å². The summed E-state index contributed by atoms with van der Waals surface area (Å²) < 4.78 is 1.25. The minimum atomic E-state index is 0.921. The van der Waals surface area contributed by atoms with Crippen molar-refractivity contribution in [1.82, 2.24) is 5.32 Å². The smallest absolute Gasteiger partial charge is 0.0173 e. The highest BCUT2D eigenvalue weighted by Crippen LogP contribution is 1.94. The summed E-state index contributed by atoms with van der Waals surface area (Å²) >= 11 is 7.89. The average Bonchev–Trinajstić information content (AvgIpc) is 2.04. The molecular weight excluding hydrogens is 272 g/mol. The van der Waals surface area contributed by atoms with Gasteiger partial charge in [0.05, 0.1) is 0 Å². The lowest BCUT2D eigenvalue weighted by molar-refractivity contribution is 0.677. The van der Waals surface area contributed by atoms with Gasteiger partial charge < -0.3 is 5.32 Å². The second-order valence-corrected chi connectivity index (χ2v) is 3.83. The largest absolute Gasteiger partial charge is 0.313 e. The first kappa shape index (κ1) is 11.7. The molecule has 0 bridgehead atoms. The number of nitrogens with one attached hydrogen (secondary N) is 1. The van der Waals surface area contributed by atoms with Crippen LogP contribution < -0.4 is 5.32 Å². The van der Waals surface area contributed by atoms with E-state index in [1.807, 2.05) is 6.92 Å². The van der Waals surface area contributed by atoms with Gasteiger partial charge in [-0.15, -0.1) is 0 Å². The zero-order valence-corrected chi connectivity index (χ0v) is 9.78. The fourth-order valence-corrected chi connectivity index (χ4v) is 1.29. The lowest BCUT2D eigenvalue weighted by atomic mass is 10.3. The highest BCUT2D eigenvalue weighted by atomic mass is 127. The molecule has 0 heterocycles. The van der Waals surface area contributed by atoms with Crippen LogP contribution in [0.3, 0.4) is 0 Å². The maximum Gasteiger partial charge on any atom is 0.0173 e. The maximum absolute atomic E-state index is 5.49. The van der Waals surface area contributed by atoms with Crippen LogP contribution in [0.25, 0.3) is 0 Å². The van der Waals surface area contributed by atoms with Crippen LogP contribution >= 0.6 is 34.2 Å². The molecule has 3 heteroatoms. The van der Waals surface area contributed by atoms with Gasteiger partial charge in [-0.05, 0) is 36.3 Å². The molecule has 0 aromatic carbocycles. The standard InChI is InChI=1S/C8H15ClIN/c1-8(6-9)7-11-5-3-2-4-10/h6,11H,2-5,7H2,1H3. The third-order valence-electron chi connectivity index (χ3n) is 1.33. The molecule has 0 fully saturated rings. The summed E-state index contributed by atoms with van der Waals surface area (Å²) in [6.07, 6.45) is 2.57. The van der Waals surface area contributed by atoms with Crippen LogP contribution in [0.2, 0.25) is 0 Å². The zero-order chi connectivity index (χ0) is 8.53. The van der Waals surface area contributed by atoms with E-state index >= 15 is 0 Å². The summed E-state index contributed by atoms with van der Waals surface area (Å²) in [4.78, 5) is 0. The summed E-state index contributed by atoms with van der Waals surface area (Å²) in [6, 6.07) is 0. The molecule has 0 amide bonds. The van der Waals surface area contributed by atoms with E-state index in [9.17, 15) is 0 Å². The van der Waals surface area contributed by atoms with E-state index in [0.717, 1.165) is 13.1 Å². The first-order valence-electron chi connectivity index (χ1n) is 3.83. The molecule has 0 aromatic rings. The Labute approximate surface area is 87.7 Å². The van der Waals surface area contributed by atoms with Crippen LogP contribution in [0.1, 0.15) is 19.8 Å². The Morgan fingerprint density at radius 1 is 1.55 bits per heavy atom. The van der Waals surface area contributed by atoms with Gasteiger partial charge in [-0.25, -0.2) is 0 Å². The molecule has 0 saturated carbocycles. The van der Waals surface area contributed by atoms with Crippen LogP contribution in [0, 0.1) is 0 Å². The monoisotopic (exact) mass is 287 g/mol. The van der Waals surface area contributed by atoms with E-state index in [-0.39, 0.29) is 0 Å². The van der Waals surface area contributed by atoms with Crippen molar-refractivity contribution in [2.45, 2.75) is 19.8 Å². The van der Waals surface area contributed by atoms with E-state index in [0.29, 0.717) is 0 Å². The molecule has 0 saturated heterocycles. The summed E-state index contributed by atoms with van der Waals surface area (Å²) in [5, 5.41) is 3.31. The summed E-state index contributed by atoms with van der Waals surface area (Å²) in [5.74, 6) is 0. The van der Waals surface area contributed by atoms with Crippen molar-refractivity contribution in [1.29, 1.82) is 0 Å². The van der Waals surface area contributed by atoms with E-state index in [1.165, 1.54) is 22.8 Å². The van der Waals surface area contributed by atoms with E-state index in [2.05, 4.69) is 27.9 Å². The van der Waals surface area contributed by atoms with E-state index in [4.69, 9.17) is 11.6 Å².